The molecule has 1 fully saturated rings. The summed E-state index contributed by atoms with van der Waals surface area (Å²) in [5.74, 6) is -0.182. The minimum absolute atomic E-state index is 0.182. The maximum Gasteiger partial charge on any atom is 0.273 e. The number of aryl methyl sites for hydroxylation is 1. The third-order valence-electron chi connectivity index (χ3n) is 2.88. The maximum atomic E-state index is 11.8. The van der Waals surface area contributed by atoms with Crippen molar-refractivity contribution in [3.8, 4) is 0 Å². The second kappa shape index (κ2) is 4.01. The third kappa shape index (κ3) is 2.16. The molecule has 2 rings (SSSR count). The van der Waals surface area contributed by atoms with E-state index in [1.54, 1.807) is 17.9 Å². The highest BCUT2D eigenvalue weighted by Gasteiger charge is 2.42. The molecule has 0 atom stereocenters. The van der Waals surface area contributed by atoms with Gasteiger partial charge in [-0.25, -0.2) is 0 Å². The number of thioether (sulfide) groups is 1. The standard InChI is InChI=1S/C10H16N4OS/c1-14-5-7(11)8(13-14)9(15)12-6-10(16-2)3-4-10/h5H,3-4,6,11H2,1-2H3,(H,12,15). The van der Waals surface area contributed by atoms with Gasteiger partial charge in [0.05, 0.1) is 5.69 Å². The lowest BCUT2D eigenvalue weighted by molar-refractivity contribution is 0.0948. The van der Waals surface area contributed by atoms with Crippen molar-refractivity contribution in [2.75, 3.05) is 18.5 Å². The number of nitrogens with zero attached hydrogens (tertiary/aromatic N) is 2. The number of hydrogen-bond acceptors (Lipinski definition) is 4. The summed E-state index contributed by atoms with van der Waals surface area (Å²) in [6, 6.07) is 0. The van der Waals surface area contributed by atoms with Gasteiger partial charge in [-0.05, 0) is 19.1 Å². The Kier molecular flexibility index (Phi) is 2.84. The molecule has 0 radical (unpaired) electrons. The molecule has 16 heavy (non-hydrogen) atoms. The highest BCUT2D eigenvalue weighted by Crippen LogP contribution is 2.46. The number of nitrogen functional groups attached to an aromatic ring is 1. The number of carbonyl (C=O) groups is 1. The summed E-state index contributed by atoms with van der Waals surface area (Å²) in [4.78, 5) is 11.8. The predicted octanol–water partition coefficient (Wildman–Crippen LogP) is 0.628. The van der Waals surface area contributed by atoms with Crippen LogP contribution in [-0.4, -0.2) is 33.2 Å². The van der Waals surface area contributed by atoms with Gasteiger partial charge in [-0.2, -0.15) is 16.9 Å². The number of rotatable bonds is 4. The van der Waals surface area contributed by atoms with E-state index in [1.165, 1.54) is 12.8 Å². The van der Waals surface area contributed by atoms with Crippen molar-refractivity contribution in [3.05, 3.63) is 11.9 Å². The Hall–Kier alpha value is -1.17. The number of carbonyl (C=O) groups excluding carboxylic acids is 1. The smallest absolute Gasteiger partial charge is 0.273 e. The second-order valence-electron chi connectivity index (χ2n) is 4.18. The molecule has 1 amide bonds. The van der Waals surface area contributed by atoms with Gasteiger partial charge in [0.1, 0.15) is 0 Å². The Morgan fingerprint density at radius 2 is 2.44 bits per heavy atom. The number of anilines is 1. The fraction of sp³-hybridized carbons (Fsp3) is 0.600. The van der Waals surface area contributed by atoms with Gasteiger partial charge in [0.2, 0.25) is 0 Å². The molecular weight excluding hydrogens is 224 g/mol. The zero-order valence-electron chi connectivity index (χ0n) is 9.49. The summed E-state index contributed by atoms with van der Waals surface area (Å²) in [7, 11) is 1.75. The fourth-order valence-corrected chi connectivity index (χ4v) is 2.33. The van der Waals surface area contributed by atoms with E-state index in [4.69, 9.17) is 5.73 Å². The largest absolute Gasteiger partial charge is 0.396 e. The Morgan fingerprint density at radius 1 is 1.75 bits per heavy atom. The van der Waals surface area contributed by atoms with Crippen molar-refractivity contribution in [2.24, 2.45) is 7.05 Å². The minimum atomic E-state index is -0.182. The number of amides is 1. The SMILES string of the molecule is CSC1(CNC(=O)c2nn(C)cc2N)CC1. The summed E-state index contributed by atoms with van der Waals surface area (Å²) < 4.78 is 1.81. The molecule has 0 unspecified atom stereocenters. The lowest BCUT2D eigenvalue weighted by atomic mass is 10.3. The molecule has 88 valence electrons. The van der Waals surface area contributed by atoms with Crippen LogP contribution in [0, 0.1) is 0 Å². The van der Waals surface area contributed by atoms with Crippen LogP contribution in [0.5, 0.6) is 0 Å². The Bertz CT molecular complexity index is 411. The van der Waals surface area contributed by atoms with Crippen LogP contribution in [-0.2, 0) is 7.05 Å². The third-order valence-corrected chi connectivity index (χ3v) is 4.30. The zero-order valence-corrected chi connectivity index (χ0v) is 10.3. The first kappa shape index (κ1) is 11.3. The number of aromatic nitrogens is 2. The van der Waals surface area contributed by atoms with Gasteiger partial charge in [-0.15, -0.1) is 0 Å². The molecular formula is C10H16N4OS. The van der Waals surface area contributed by atoms with Crippen molar-refractivity contribution < 1.29 is 4.79 Å². The molecule has 6 heteroatoms. The lowest BCUT2D eigenvalue weighted by Gasteiger charge is -2.12. The second-order valence-corrected chi connectivity index (χ2v) is 5.45. The lowest BCUT2D eigenvalue weighted by Crippen LogP contribution is -2.32. The molecule has 1 aliphatic rings. The number of nitrogens with two attached hydrogens (primary N) is 1. The Balaban J connectivity index is 1.96. The van der Waals surface area contributed by atoms with E-state index >= 15 is 0 Å². The molecule has 1 aliphatic carbocycles. The molecule has 1 saturated carbocycles. The van der Waals surface area contributed by atoms with Gasteiger partial charge in [-0.1, -0.05) is 0 Å². The quantitative estimate of drug-likeness (QED) is 0.809. The van der Waals surface area contributed by atoms with Crippen LogP contribution in [0.4, 0.5) is 5.69 Å². The topological polar surface area (TPSA) is 72.9 Å². The molecule has 1 aromatic heterocycles. The first-order chi connectivity index (χ1) is 7.56. The van der Waals surface area contributed by atoms with Gasteiger partial charge in [0, 0.05) is 24.5 Å². The van der Waals surface area contributed by atoms with Crippen LogP contribution in [0.2, 0.25) is 0 Å². The molecule has 0 saturated heterocycles. The summed E-state index contributed by atoms with van der Waals surface area (Å²) in [6.07, 6.45) is 6.06. The van der Waals surface area contributed by atoms with E-state index in [2.05, 4.69) is 16.7 Å². The van der Waals surface area contributed by atoms with E-state index < -0.39 is 0 Å². The number of nitrogens with one attached hydrogen (secondary N) is 1. The van der Waals surface area contributed by atoms with Crippen LogP contribution < -0.4 is 11.1 Å². The highest BCUT2D eigenvalue weighted by molar-refractivity contribution is 8.00. The van der Waals surface area contributed by atoms with E-state index in [9.17, 15) is 4.79 Å². The van der Waals surface area contributed by atoms with E-state index in [1.807, 2.05) is 11.8 Å². The predicted molar refractivity (Wildman–Crippen MR) is 65.4 cm³/mol. The molecule has 0 bridgehead atoms. The average Bonchev–Trinajstić information content (AvgIpc) is 2.96. The molecule has 5 nitrogen and oxygen atoms in total. The highest BCUT2D eigenvalue weighted by atomic mass is 32.2. The van der Waals surface area contributed by atoms with Crippen LogP contribution in [0.15, 0.2) is 6.20 Å². The molecule has 0 aromatic carbocycles. The van der Waals surface area contributed by atoms with Crippen molar-refractivity contribution in [2.45, 2.75) is 17.6 Å². The van der Waals surface area contributed by atoms with Crippen LogP contribution >= 0.6 is 11.8 Å². The number of hydrogen-bond donors (Lipinski definition) is 2. The summed E-state index contributed by atoms with van der Waals surface area (Å²) in [6.45, 7) is 0.697. The Morgan fingerprint density at radius 3 is 2.88 bits per heavy atom. The summed E-state index contributed by atoms with van der Waals surface area (Å²) >= 11 is 1.81. The van der Waals surface area contributed by atoms with Gasteiger partial charge in [-0.3, -0.25) is 9.48 Å². The average molecular weight is 240 g/mol. The summed E-state index contributed by atoms with van der Waals surface area (Å²) in [5, 5.41) is 6.92. The molecule has 0 spiro atoms. The summed E-state index contributed by atoms with van der Waals surface area (Å²) in [5.41, 5.74) is 6.42. The van der Waals surface area contributed by atoms with Crippen molar-refractivity contribution in [1.29, 1.82) is 0 Å². The first-order valence-electron chi connectivity index (χ1n) is 5.19. The molecule has 1 aromatic rings. The molecule has 3 N–H and O–H groups in total. The fourth-order valence-electron chi connectivity index (χ4n) is 1.60. The van der Waals surface area contributed by atoms with Gasteiger partial charge < -0.3 is 11.1 Å². The van der Waals surface area contributed by atoms with Crippen molar-refractivity contribution >= 4 is 23.4 Å². The molecule has 1 heterocycles. The monoisotopic (exact) mass is 240 g/mol. The molecule has 0 aliphatic heterocycles. The maximum absolute atomic E-state index is 11.8. The Labute approximate surface area is 98.8 Å². The zero-order chi connectivity index (χ0) is 11.8. The minimum Gasteiger partial charge on any atom is -0.396 e. The van der Waals surface area contributed by atoms with Crippen molar-refractivity contribution in [1.82, 2.24) is 15.1 Å². The van der Waals surface area contributed by atoms with E-state index in [0.29, 0.717) is 17.9 Å². The van der Waals surface area contributed by atoms with Crippen LogP contribution in [0.25, 0.3) is 0 Å². The first-order valence-corrected chi connectivity index (χ1v) is 6.41. The van der Waals surface area contributed by atoms with Gasteiger partial charge in [0.15, 0.2) is 5.69 Å². The van der Waals surface area contributed by atoms with Crippen LogP contribution in [0.3, 0.4) is 0 Å². The van der Waals surface area contributed by atoms with E-state index in [-0.39, 0.29) is 10.7 Å². The van der Waals surface area contributed by atoms with Gasteiger partial charge in [0.25, 0.3) is 5.91 Å². The van der Waals surface area contributed by atoms with Crippen LogP contribution in [0.1, 0.15) is 23.3 Å². The normalized spacial score (nSPS) is 17.1. The van der Waals surface area contributed by atoms with E-state index in [0.717, 1.165) is 0 Å². The van der Waals surface area contributed by atoms with Gasteiger partial charge >= 0.3 is 0 Å². The van der Waals surface area contributed by atoms with Crippen molar-refractivity contribution in [3.63, 3.8) is 0 Å².